The van der Waals surface area contributed by atoms with E-state index in [1.807, 2.05) is 0 Å². The van der Waals surface area contributed by atoms with Gasteiger partial charge in [-0.3, -0.25) is 9.78 Å². The van der Waals surface area contributed by atoms with Crippen molar-refractivity contribution in [3.05, 3.63) is 64.2 Å². The lowest BCUT2D eigenvalue weighted by molar-refractivity contribution is -0.134. The molecule has 1 N–H and O–H groups in total. The smallest absolute Gasteiger partial charge is 0.195 e. The number of fused-ring (bicyclic) bond motifs is 1. The number of aryl methyl sites for hydroxylation is 1. The summed E-state index contributed by atoms with van der Waals surface area (Å²) >= 11 is 5.96. The Hall–Kier alpha value is -1.85. The number of nitrogens with zero attached hydrogens (tertiary/aromatic N) is 1. The van der Waals surface area contributed by atoms with Gasteiger partial charge in [0.05, 0.1) is 5.69 Å². The highest BCUT2D eigenvalue weighted by Crippen LogP contribution is 2.46. The molecule has 3 rings (SSSR count). The van der Waals surface area contributed by atoms with Gasteiger partial charge in [0, 0.05) is 23.2 Å². The average molecular weight is 366 g/mol. The first-order chi connectivity index (χ1) is 11.7. The van der Waals surface area contributed by atoms with Crippen LogP contribution in [0.2, 0.25) is 5.02 Å². The van der Waals surface area contributed by atoms with E-state index < -0.39 is 22.9 Å². The van der Waals surface area contributed by atoms with Crippen LogP contribution in [-0.2, 0) is 22.5 Å². The van der Waals surface area contributed by atoms with Crippen molar-refractivity contribution in [2.24, 2.45) is 0 Å². The Bertz CT molecular complexity index is 825. The number of ketones is 1. The first-order valence-electron chi connectivity index (χ1n) is 8.08. The first kappa shape index (κ1) is 18.0. The molecule has 0 saturated carbocycles. The van der Waals surface area contributed by atoms with Crippen LogP contribution in [0.5, 0.6) is 0 Å². The molecule has 1 heterocycles. The van der Waals surface area contributed by atoms with Crippen molar-refractivity contribution in [1.82, 2.24) is 4.98 Å². The molecule has 1 aromatic heterocycles. The molecule has 1 aromatic carbocycles. The van der Waals surface area contributed by atoms with Crippen LogP contribution < -0.4 is 0 Å². The molecule has 0 saturated heterocycles. The molecule has 0 fully saturated rings. The van der Waals surface area contributed by atoms with Crippen LogP contribution in [0.3, 0.4) is 0 Å². The topological polar surface area (TPSA) is 50.2 Å². The summed E-state index contributed by atoms with van der Waals surface area (Å²) in [4.78, 5) is 16.7. The number of rotatable bonds is 4. The van der Waals surface area contributed by atoms with E-state index in [1.165, 1.54) is 30.5 Å². The molecule has 1 aliphatic carbocycles. The van der Waals surface area contributed by atoms with Gasteiger partial charge in [0.15, 0.2) is 11.5 Å². The number of carbonyl (C=O) groups is 1. The van der Waals surface area contributed by atoms with Crippen molar-refractivity contribution >= 4 is 17.4 Å². The normalized spacial score (nSPS) is 25.5. The third-order valence-corrected chi connectivity index (χ3v) is 5.13. The molecule has 0 bridgehead atoms. The zero-order valence-corrected chi connectivity index (χ0v) is 14.5. The highest BCUT2D eigenvalue weighted by atomic mass is 35.5. The molecule has 0 aliphatic heterocycles. The van der Waals surface area contributed by atoms with Gasteiger partial charge in [-0.2, -0.15) is 0 Å². The standard InChI is InChI=1S/C19H18ClF2NO2/c1-18(25)8-9-19(22,14-3-2-10-23-17(14)18)16(24)7-5-12-4-6-13(21)11-15(12)20/h2-4,6,10-11,25H,5,7-9H2,1H3/t18-,19+/m1/s1. The monoisotopic (exact) mass is 365 g/mol. The first-order valence-corrected chi connectivity index (χ1v) is 8.46. The van der Waals surface area contributed by atoms with Gasteiger partial charge in [-0.1, -0.05) is 23.7 Å². The molecule has 0 unspecified atom stereocenters. The van der Waals surface area contributed by atoms with Crippen molar-refractivity contribution in [1.29, 1.82) is 0 Å². The Balaban J connectivity index is 1.84. The fourth-order valence-electron chi connectivity index (χ4n) is 3.28. The Morgan fingerprint density at radius 3 is 2.84 bits per heavy atom. The molecule has 6 heteroatoms. The summed E-state index contributed by atoms with van der Waals surface area (Å²) in [6.45, 7) is 1.57. The second-order valence-electron chi connectivity index (χ2n) is 6.63. The summed E-state index contributed by atoms with van der Waals surface area (Å²) in [5, 5.41) is 10.6. The number of carbonyl (C=O) groups excluding carboxylic acids is 1. The fourth-order valence-corrected chi connectivity index (χ4v) is 3.55. The summed E-state index contributed by atoms with van der Waals surface area (Å²) < 4.78 is 28.7. The van der Waals surface area contributed by atoms with Gasteiger partial charge >= 0.3 is 0 Å². The second-order valence-corrected chi connectivity index (χ2v) is 7.04. The van der Waals surface area contributed by atoms with Crippen molar-refractivity contribution in [2.75, 3.05) is 0 Å². The maximum atomic E-state index is 15.6. The highest BCUT2D eigenvalue weighted by molar-refractivity contribution is 6.31. The Morgan fingerprint density at radius 1 is 1.36 bits per heavy atom. The summed E-state index contributed by atoms with van der Waals surface area (Å²) in [5.41, 5.74) is -2.52. The Morgan fingerprint density at radius 2 is 2.12 bits per heavy atom. The summed E-state index contributed by atoms with van der Waals surface area (Å²) in [6.07, 6.45) is 1.63. The van der Waals surface area contributed by atoms with Gasteiger partial charge in [0.2, 0.25) is 0 Å². The van der Waals surface area contributed by atoms with Crippen molar-refractivity contribution in [3.8, 4) is 0 Å². The van der Waals surface area contributed by atoms with E-state index in [4.69, 9.17) is 11.6 Å². The van der Waals surface area contributed by atoms with E-state index in [1.54, 1.807) is 13.0 Å². The number of hydrogen-bond donors (Lipinski definition) is 1. The fraction of sp³-hybridized carbons (Fsp3) is 0.368. The van der Waals surface area contributed by atoms with Gasteiger partial charge in [0.25, 0.3) is 0 Å². The van der Waals surface area contributed by atoms with Crippen LogP contribution in [0.25, 0.3) is 0 Å². The SMILES string of the molecule is C[C@@]1(O)CC[C@@](F)(C(=O)CCc2ccc(F)cc2Cl)c2cccnc21. The van der Waals surface area contributed by atoms with Crippen LogP contribution in [-0.4, -0.2) is 15.9 Å². The predicted molar refractivity (Wildman–Crippen MR) is 90.6 cm³/mol. The van der Waals surface area contributed by atoms with E-state index >= 15 is 4.39 Å². The maximum Gasteiger partial charge on any atom is 0.195 e. The van der Waals surface area contributed by atoms with Gasteiger partial charge in [-0.25, -0.2) is 8.78 Å². The number of pyridine rings is 1. The van der Waals surface area contributed by atoms with Crippen molar-refractivity contribution < 1.29 is 18.7 Å². The molecule has 0 radical (unpaired) electrons. The average Bonchev–Trinajstić information content (AvgIpc) is 2.58. The van der Waals surface area contributed by atoms with E-state index in [9.17, 15) is 14.3 Å². The third-order valence-electron chi connectivity index (χ3n) is 4.78. The lowest BCUT2D eigenvalue weighted by atomic mass is 9.73. The number of halogens is 3. The van der Waals surface area contributed by atoms with Crippen molar-refractivity contribution in [2.45, 2.75) is 43.9 Å². The molecule has 0 spiro atoms. The number of benzene rings is 1. The Labute approximate surface area is 149 Å². The van der Waals surface area contributed by atoms with Gasteiger partial charge < -0.3 is 5.11 Å². The lowest BCUT2D eigenvalue weighted by Crippen LogP contribution is -2.42. The molecule has 2 aromatic rings. The molecule has 0 amide bonds. The number of aromatic nitrogens is 1. The van der Waals surface area contributed by atoms with E-state index in [0.29, 0.717) is 5.56 Å². The van der Waals surface area contributed by atoms with E-state index in [0.717, 1.165) is 0 Å². The minimum Gasteiger partial charge on any atom is -0.384 e. The zero-order valence-electron chi connectivity index (χ0n) is 13.7. The summed E-state index contributed by atoms with van der Waals surface area (Å²) in [7, 11) is 0. The number of alkyl halides is 1. The minimum atomic E-state index is -2.18. The van der Waals surface area contributed by atoms with E-state index in [2.05, 4.69) is 4.98 Å². The number of Topliss-reactive ketones (excluding diaryl/α,β-unsaturated/α-hetero) is 1. The lowest BCUT2D eigenvalue weighted by Gasteiger charge is -2.37. The molecule has 132 valence electrons. The zero-order chi connectivity index (χ0) is 18.2. The largest absolute Gasteiger partial charge is 0.384 e. The van der Waals surface area contributed by atoms with Gasteiger partial charge in [0.1, 0.15) is 11.4 Å². The second kappa shape index (κ2) is 6.46. The predicted octanol–water partition coefficient (Wildman–Crippen LogP) is 4.24. The molecule has 25 heavy (non-hydrogen) atoms. The van der Waals surface area contributed by atoms with Crippen molar-refractivity contribution in [3.63, 3.8) is 0 Å². The summed E-state index contributed by atoms with van der Waals surface area (Å²) in [6, 6.07) is 6.98. The molecular formula is C19H18ClF2NO2. The molecule has 1 aliphatic rings. The van der Waals surface area contributed by atoms with Gasteiger partial charge in [-0.15, -0.1) is 0 Å². The molecule has 2 atom stereocenters. The third kappa shape index (κ3) is 3.31. The van der Waals surface area contributed by atoms with Gasteiger partial charge in [-0.05, 0) is 49.9 Å². The summed E-state index contributed by atoms with van der Waals surface area (Å²) in [5.74, 6) is -1.05. The maximum absolute atomic E-state index is 15.6. The van der Waals surface area contributed by atoms with Crippen LogP contribution in [0.1, 0.15) is 43.0 Å². The van der Waals surface area contributed by atoms with Crippen LogP contribution in [0.15, 0.2) is 36.5 Å². The Kier molecular flexibility index (Phi) is 4.64. The number of aliphatic hydroxyl groups is 1. The molecule has 3 nitrogen and oxygen atoms in total. The quantitative estimate of drug-likeness (QED) is 0.881. The highest BCUT2D eigenvalue weighted by Gasteiger charge is 2.49. The minimum absolute atomic E-state index is 0.0711. The van der Waals surface area contributed by atoms with E-state index in [-0.39, 0.29) is 42.0 Å². The van der Waals surface area contributed by atoms with Crippen LogP contribution in [0.4, 0.5) is 8.78 Å². The number of hydrogen-bond acceptors (Lipinski definition) is 3. The molecular weight excluding hydrogens is 348 g/mol. The van der Waals surface area contributed by atoms with Crippen LogP contribution in [0, 0.1) is 5.82 Å². The van der Waals surface area contributed by atoms with Crippen LogP contribution >= 0.6 is 11.6 Å².